The first-order chi connectivity index (χ1) is 12.3. The van der Waals surface area contributed by atoms with Crippen LogP contribution in [0.15, 0.2) is 60.0 Å². The largest absolute Gasteiger partial charge is 0.493 e. The van der Waals surface area contributed by atoms with E-state index >= 15 is 0 Å². The molecular formula is C20H20ClNO2S. The molecule has 0 fully saturated rings. The lowest BCUT2D eigenvalue weighted by Crippen LogP contribution is -2.13. The van der Waals surface area contributed by atoms with Crippen LogP contribution in [-0.4, -0.2) is 7.11 Å². The summed E-state index contributed by atoms with van der Waals surface area (Å²) in [6.45, 7) is 2.00. The third-order valence-corrected chi connectivity index (χ3v) is 5.00. The zero-order chi connectivity index (χ0) is 17.5. The molecule has 0 saturated heterocycles. The Kier molecular flexibility index (Phi) is 6.34. The molecule has 0 spiro atoms. The molecule has 0 aliphatic heterocycles. The highest BCUT2D eigenvalue weighted by atomic mass is 35.5. The lowest BCUT2D eigenvalue weighted by atomic mass is 10.2. The lowest BCUT2D eigenvalue weighted by molar-refractivity contribution is 0.287. The minimum absolute atomic E-state index is 0.554. The molecule has 2 aromatic carbocycles. The van der Waals surface area contributed by atoms with Gasteiger partial charge in [-0.05, 0) is 40.8 Å². The molecule has 0 radical (unpaired) electrons. The van der Waals surface area contributed by atoms with Gasteiger partial charge >= 0.3 is 0 Å². The van der Waals surface area contributed by atoms with Gasteiger partial charge in [0.1, 0.15) is 6.61 Å². The van der Waals surface area contributed by atoms with Gasteiger partial charge in [-0.15, -0.1) is 11.3 Å². The Balaban J connectivity index is 1.58. The van der Waals surface area contributed by atoms with E-state index in [0.29, 0.717) is 6.61 Å². The molecular weight excluding hydrogens is 354 g/mol. The summed E-state index contributed by atoms with van der Waals surface area (Å²) in [4.78, 5) is 1.19. The van der Waals surface area contributed by atoms with E-state index in [1.165, 1.54) is 4.88 Å². The number of thiophene rings is 1. The number of nitrogens with one attached hydrogen (secondary N) is 1. The first-order valence-electron chi connectivity index (χ1n) is 8.02. The van der Waals surface area contributed by atoms with Crippen LogP contribution in [0.2, 0.25) is 5.02 Å². The Morgan fingerprint density at radius 1 is 1.00 bits per heavy atom. The quantitative estimate of drug-likeness (QED) is 0.582. The van der Waals surface area contributed by atoms with Crippen LogP contribution in [0.4, 0.5) is 0 Å². The highest BCUT2D eigenvalue weighted by molar-refractivity contribution is 7.09. The van der Waals surface area contributed by atoms with Crippen LogP contribution in [0.5, 0.6) is 11.5 Å². The molecule has 1 heterocycles. The van der Waals surface area contributed by atoms with Crippen LogP contribution in [0, 0.1) is 0 Å². The van der Waals surface area contributed by atoms with E-state index in [0.717, 1.165) is 40.7 Å². The molecule has 0 aliphatic carbocycles. The number of hydrogen-bond acceptors (Lipinski definition) is 4. The molecule has 3 rings (SSSR count). The number of halogens is 1. The van der Waals surface area contributed by atoms with Gasteiger partial charge in [-0.1, -0.05) is 41.9 Å². The van der Waals surface area contributed by atoms with E-state index in [1.54, 1.807) is 18.4 Å². The van der Waals surface area contributed by atoms with Crippen molar-refractivity contribution in [1.82, 2.24) is 5.32 Å². The Morgan fingerprint density at radius 3 is 2.64 bits per heavy atom. The molecule has 3 nitrogen and oxygen atoms in total. The van der Waals surface area contributed by atoms with Gasteiger partial charge in [-0.25, -0.2) is 0 Å². The zero-order valence-electron chi connectivity index (χ0n) is 14.0. The average Bonchev–Trinajstić information content (AvgIpc) is 3.15. The summed E-state index contributed by atoms with van der Waals surface area (Å²) in [6.07, 6.45) is 0. The fourth-order valence-electron chi connectivity index (χ4n) is 2.47. The molecule has 0 atom stereocenters. The standard InChI is InChI=1S/C20H20ClNO2S/c1-23-20-11-15(12-22-13-16-5-2-3-7-18(16)21)8-9-19(20)24-14-17-6-4-10-25-17/h2-11,22H,12-14H2,1H3. The van der Waals surface area contributed by atoms with E-state index in [1.807, 2.05) is 53.9 Å². The summed E-state index contributed by atoms with van der Waals surface area (Å²) in [5.41, 5.74) is 2.22. The molecule has 25 heavy (non-hydrogen) atoms. The summed E-state index contributed by atoms with van der Waals surface area (Å²) >= 11 is 7.86. The van der Waals surface area contributed by atoms with Crippen LogP contribution in [0.1, 0.15) is 16.0 Å². The first kappa shape index (κ1) is 17.8. The van der Waals surface area contributed by atoms with Crippen LogP contribution in [0.3, 0.4) is 0 Å². The average molecular weight is 374 g/mol. The topological polar surface area (TPSA) is 30.5 Å². The van der Waals surface area contributed by atoms with Crippen molar-refractivity contribution in [3.63, 3.8) is 0 Å². The van der Waals surface area contributed by atoms with E-state index in [4.69, 9.17) is 21.1 Å². The summed E-state index contributed by atoms with van der Waals surface area (Å²) in [5.74, 6) is 1.50. The molecule has 0 amide bonds. The first-order valence-corrected chi connectivity index (χ1v) is 9.28. The van der Waals surface area contributed by atoms with Gasteiger partial charge in [0, 0.05) is 23.0 Å². The normalized spacial score (nSPS) is 10.6. The molecule has 1 aromatic heterocycles. The number of rotatable bonds is 8. The van der Waals surface area contributed by atoms with E-state index < -0.39 is 0 Å². The molecule has 5 heteroatoms. The van der Waals surface area contributed by atoms with Crippen molar-refractivity contribution in [2.75, 3.05) is 7.11 Å². The minimum atomic E-state index is 0.554. The second-order valence-electron chi connectivity index (χ2n) is 5.55. The van der Waals surface area contributed by atoms with Crippen LogP contribution in [0.25, 0.3) is 0 Å². The lowest BCUT2D eigenvalue weighted by Gasteiger charge is -2.12. The fourth-order valence-corrected chi connectivity index (χ4v) is 3.29. The maximum Gasteiger partial charge on any atom is 0.161 e. The SMILES string of the molecule is COc1cc(CNCc2ccccc2Cl)ccc1OCc1cccs1. The molecule has 0 aliphatic rings. The number of ether oxygens (including phenoxy) is 2. The fraction of sp³-hybridized carbons (Fsp3) is 0.200. The van der Waals surface area contributed by atoms with E-state index in [2.05, 4.69) is 11.4 Å². The predicted molar refractivity (Wildman–Crippen MR) is 104 cm³/mol. The Morgan fingerprint density at radius 2 is 1.88 bits per heavy atom. The van der Waals surface area contributed by atoms with Gasteiger partial charge in [-0.2, -0.15) is 0 Å². The van der Waals surface area contributed by atoms with Gasteiger partial charge in [0.25, 0.3) is 0 Å². The van der Waals surface area contributed by atoms with Gasteiger partial charge in [0.2, 0.25) is 0 Å². The van der Waals surface area contributed by atoms with Crippen molar-refractivity contribution in [1.29, 1.82) is 0 Å². The molecule has 0 bridgehead atoms. The second kappa shape index (κ2) is 8.90. The zero-order valence-corrected chi connectivity index (χ0v) is 15.6. The van der Waals surface area contributed by atoms with Crippen LogP contribution in [-0.2, 0) is 19.7 Å². The van der Waals surface area contributed by atoms with Crippen molar-refractivity contribution >= 4 is 22.9 Å². The molecule has 1 N–H and O–H groups in total. The maximum absolute atomic E-state index is 6.18. The second-order valence-corrected chi connectivity index (χ2v) is 6.99. The molecule has 0 unspecified atom stereocenters. The number of hydrogen-bond donors (Lipinski definition) is 1. The Labute approximate surface area is 157 Å². The van der Waals surface area contributed by atoms with Gasteiger partial charge in [0.15, 0.2) is 11.5 Å². The van der Waals surface area contributed by atoms with Crippen LogP contribution < -0.4 is 14.8 Å². The predicted octanol–water partition coefficient (Wildman–Crippen LogP) is 5.28. The van der Waals surface area contributed by atoms with Crippen molar-refractivity contribution in [2.45, 2.75) is 19.7 Å². The number of methoxy groups -OCH3 is 1. The van der Waals surface area contributed by atoms with Crippen LogP contribution >= 0.6 is 22.9 Å². The van der Waals surface area contributed by atoms with Crippen molar-refractivity contribution in [3.8, 4) is 11.5 Å². The van der Waals surface area contributed by atoms with Crippen molar-refractivity contribution < 1.29 is 9.47 Å². The number of benzene rings is 2. The van der Waals surface area contributed by atoms with Gasteiger partial charge < -0.3 is 14.8 Å². The highest BCUT2D eigenvalue weighted by Gasteiger charge is 2.07. The van der Waals surface area contributed by atoms with Gasteiger partial charge in [0.05, 0.1) is 7.11 Å². The monoisotopic (exact) mass is 373 g/mol. The molecule has 3 aromatic rings. The minimum Gasteiger partial charge on any atom is -0.493 e. The summed E-state index contributed by atoms with van der Waals surface area (Å²) < 4.78 is 11.3. The summed E-state index contributed by atoms with van der Waals surface area (Å²) in [5, 5.41) is 6.23. The smallest absolute Gasteiger partial charge is 0.161 e. The summed E-state index contributed by atoms with van der Waals surface area (Å²) in [6, 6.07) is 17.9. The van der Waals surface area contributed by atoms with Crippen molar-refractivity contribution in [3.05, 3.63) is 81.0 Å². The Hall–Kier alpha value is -2.01. The van der Waals surface area contributed by atoms with Gasteiger partial charge in [-0.3, -0.25) is 0 Å². The third-order valence-electron chi connectivity index (χ3n) is 3.78. The summed E-state index contributed by atoms with van der Waals surface area (Å²) in [7, 11) is 1.66. The Bertz CT molecular complexity index is 805. The molecule has 130 valence electrons. The highest BCUT2D eigenvalue weighted by Crippen LogP contribution is 2.29. The maximum atomic E-state index is 6.18. The third kappa shape index (κ3) is 4.98. The molecule has 0 saturated carbocycles. The van der Waals surface area contributed by atoms with E-state index in [9.17, 15) is 0 Å². The van der Waals surface area contributed by atoms with Crippen molar-refractivity contribution in [2.24, 2.45) is 0 Å². The van der Waals surface area contributed by atoms with E-state index in [-0.39, 0.29) is 0 Å².